The van der Waals surface area contributed by atoms with E-state index in [0.717, 1.165) is 10.4 Å². The van der Waals surface area contributed by atoms with Gasteiger partial charge in [-0.2, -0.15) is 0 Å². The molecule has 0 bridgehead atoms. The van der Waals surface area contributed by atoms with Crippen molar-refractivity contribution in [2.75, 3.05) is 0 Å². The highest BCUT2D eigenvalue weighted by molar-refractivity contribution is 9.10. The van der Waals surface area contributed by atoms with Crippen LogP contribution in [-0.4, -0.2) is 0 Å². The van der Waals surface area contributed by atoms with Crippen molar-refractivity contribution in [2.24, 2.45) is 5.92 Å². The van der Waals surface area contributed by atoms with Gasteiger partial charge in [-0.15, -0.1) is 0 Å². The minimum atomic E-state index is 0.820. The number of hydrogen-bond acceptors (Lipinski definition) is 0. The molecule has 0 aliphatic heterocycles. The quantitative estimate of drug-likeness (QED) is 0.342. The minimum Gasteiger partial charge on any atom is -0.0654 e. The van der Waals surface area contributed by atoms with Gasteiger partial charge >= 0.3 is 0 Å². The van der Waals surface area contributed by atoms with E-state index in [1.165, 1.54) is 59.9 Å². The third-order valence-electron chi connectivity index (χ3n) is 5.42. The first-order valence-corrected chi connectivity index (χ1v) is 10.9. The summed E-state index contributed by atoms with van der Waals surface area (Å²) in [5.41, 5.74) is 6.54. The second kappa shape index (κ2) is 9.90. The zero-order valence-electron chi connectivity index (χ0n) is 16.4. The van der Waals surface area contributed by atoms with Crippen LogP contribution in [0.5, 0.6) is 0 Å². The lowest BCUT2D eigenvalue weighted by Gasteiger charge is -2.14. The van der Waals surface area contributed by atoms with E-state index in [-0.39, 0.29) is 0 Å². The molecule has 140 valence electrons. The van der Waals surface area contributed by atoms with Gasteiger partial charge < -0.3 is 0 Å². The standard InChI is InChI=1S/C26H29Br/c1-3-5-6-20(4-2)19-21-7-9-22(10-8-21)23-11-13-24(14-12-23)25-15-17-26(27)18-16-25/h7-18,20H,3-6,19H2,1-2H3. The molecule has 0 N–H and O–H groups in total. The number of rotatable bonds is 8. The number of hydrogen-bond donors (Lipinski definition) is 0. The fourth-order valence-electron chi connectivity index (χ4n) is 3.61. The lowest BCUT2D eigenvalue weighted by molar-refractivity contribution is 0.449. The van der Waals surface area contributed by atoms with Crippen molar-refractivity contribution in [3.63, 3.8) is 0 Å². The Labute approximate surface area is 172 Å². The van der Waals surface area contributed by atoms with Gasteiger partial charge in [-0.1, -0.05) is 116 Å². The highest BCUT2D eigenvalue weighted by atomic mass is 79.9. The van der Waals surface area contributed by atoms with Crippen molar-refractivity contribution in [1.82, 2.24) is 0 Å². The molecule has 0 radical (unpaired) electrons. The molecular weight excluding hydrogens is 392 g/mol. The van der Waals surface area contributed by atoms with Crippen molar-refractivity contribution in [1.29, 1.82) is 0 Å². The van der Waals surface area contributed by atoms with Crippen LogP contribution in [0.15, 0.2) is 77.3 Å². The summed E-state index contributed by atoms with van der Waals surface area (Å²) in [6, 6.07) is 26.5. The second-order valence-corrected chi connectivity index (χ2v) is 8.32. The van der Waals surface area contributed by atoms with Crippen LogP contribution in [0.25, 0.3) is 22.3 Å². The molecule has 27 heavy (non-hydrogen) atoms. The Morgan fingerprint density at radius 1 is 0.667 bits per heavy atom. The van der Waals surface area contributed by atoms with Gasteiger partial charge in [0, 0.05) is 4.47 Å². The summed E-state index contributed by atoms with van der Waals surface area (Å²) in [4.78, 5) is 0. The topological polar surface area (TPSA) is 0 Å². The summed E-state index contributed by atoms with van der Waals surface area (Å²) in [5, 5.41) is 0. The lowest BCUT2D eigenvalue weighted by Crippen LogP contribution is -2.03. The Morgan fingerprint density at radius 3 is 1.56 bits per heavy atom. The third kappa shape index (κ3) is 5.56. The normalized spacial score (nSPS) is 12.1. The van der Waals surface area contributed by atoms with Crippen LogP contribution in [0, 0.1) is 5.92 Å². The summed E-state index contributed by atoms with van der Waals surface area (Å²) < 4.78 is 1.11. The van der Waals surface area contributed by atoms with Gasteiger partial charge in [0.1, 0.15) is 0 Å². The fraction of sp³-hybridized carbons (Fsp3) is 0.308. The van der Waals surface area contributed by atoms with Gasteiger partial charge in [-0.3, -0.25) is 0 Å². The zero-order chi connectivity index (χ0) is 19.1. The molecule has 3 aromatic carbocycles. The average Bonchev–Trinajstić information content (AvgIpc) is 2.72. The van der Waals surface area contributed by atoms with Crippen LogP contribution < -0.4 is 0 Å². The molecule has 0 saturated carbocycles. The van der Waals surface area contributed by atoms with Crippen LogP contribution in [0.1, 0.15) is 45.1 Å². The van der Waals surface area contributed by atoms with E-state index in [0.29, 0.717) is 0 Å². The fourth-order valence-corrected chi connectivity index (χ4v) is 3.87. The average molecular weight is 421 g/mol. The Bertz CT molecular complexity index is 814. The van der Waals surface area contributed by atoms with Crippen molar-refractivity contribution >= 4 is 15.9 Å². The maximum absolute atomic E-state index is 3.50. The zero-order valence-corrected chi connectivity index (χ0v) is 18.0. The molecule has 0 aromatic heterocycles. The molecule has 0 saturated heterocycles. The highest BCUT2D eigenvalue weighted by Gasteiger charge is 2.07. The van der Waals surface area contributed by atoms with E-state index in [1.807, 2.05) is 0 Å². The SMILES string of the molecule is CCCCC(CC)Cc1ccc(-c2ccc(-c3ccc(Br)cc3)cc2)cc1. The largest absolute Gasteiger partial charge is 0.0654 e. The van der Waals surface area contributed by atoms with E-state index in [2.05, 4.69) is 103 Å². The molecule has 1 unspecified atom stereocenters. The van der Waals surface area contributed by atoms with E-state index >= 15 is 0 Å². The monoisotopic (exact) mass is 420 g/mol. The third-order valence-corrected chi connectivity index (χ3v) is 5.95. The highest BCUT2D eigenvalue weighted by Crippen LogP contribution is 2.27. The molecule has 0 amide bonds. The smallest absolute Gasteiger partial charge is 0.0175 e. The van der Waals surface area contributed by atoms with Gasteiger partial charge in [0.25, 0.3) is 0 Å². The van der Waals surface area contributed by atoms with Crippen LogP contribution in [-0.2, 0) is 6.42 Å². The van der Waals surface area contributed by atoms with Crippen LogP contribution in [0.2, 0.25) is 0 Å². The van der Waals surface area contributed by atoms with Crippen molar-refractivity contribution < 1.29 is 0 Å². The van der Waals surface area contributed by atoms with E-state index in [9.17, 15) is 0 Å². The first-order valence-electron chi connectivity index (χ1n) is 10.1. The van der Waals surface area contributed by atoms with E-state index in [1.54, 1.807) is 0 Å². The molecule has 3 rings (SSSR count). The summed E-state index contributed by atoms with van der Waals surface area (Å²) in [7, 11) is 0. The number of halogens is 1. The summed E-state index contributed by atoms with van der Waals surface area (Å²) in [6.45, 7) is 4.60. The Kier molecular flexibility index (Phi) is 7.29. The van der Waals surface area contributed by atoms with E-state index in [4.69, 9.17) is 0 Å². The van der Waals surface area contributed by atoms with Gasteiger partial charge in [-0.05, 0) is 52.3 Å². The molecule has 1 heteroatoms. The first kappa shape index (κ1) is 19.9. The van der Waals surface area contributed by atoms with Crippen LogP contribution >= 0.6 is 15.9 Å². The molecule has 0 spiro atoms. The molecule has 0 nitrogen and oxygen atoms in total. The molecule has 0 fully saturated rings. The number of unbranched alkanes of at least 4 members (excludes halogenated alkanes) is 1. The predicted molar refractivity (Wildman–Crippen MR) is 122 cm³/mol. The van der Waals surface area contributed by atoms with Gasteiger partial charge in [-0.25, -0.2) is 0 Å². The molecule has 0 aliphatic carbocycles. The van der Waals surface area contributed by atoms with E-state index < -0.39 is 0 Å². The van der Waals surface area contributed by atoms with Crippen LogP contribution in [0.3, 0.4) is 0 Å². The van der Waals surface area contributed by atoms with Crippen molar-refractivity contribution in [3.05, 3.63) is 82.8 Å². The summed E-state index contributed by atoms with van der Waals surface area (Å²) in [6.07, 6.45) is 6.48. The number of benzene rings is 3. The Hall–Kier alpha value is -1.86. The van der Waals surface area contributed by atoms with Crippen molar-refractivity contribution in [2.45, 2.75) is 46.0 Å². The molecule has 3 aromatic rings. The molecule has 1 atom stereocenters. The first-order chi connectivity index (χ1) is 13.2. The van der Waals surface area contributed by atoms with Gasteiger partial charge in [0.15, 0.2) is 0 Å². The van der Waals surface area contributed by atoms with Gasteiger partial charge in [0.05, 0.1) is 0 Å². The maximum Gasteiger partial charge on any atom is 0.0175 e. The van der Waals surface area contributed by atoms with Gasteiger partial charge in [0.2, 0.25) is 0 Å². The summed E-state index contributed by atoms with van der Waals surface area (Å²) in [5.74, 6) is 0.820. The lowest BCUT2D eigenvalue weighted by atomic mass is 9.91. The summed E-state index contributed by atoms with van der Waals surface area (Å²) >= 11 is 3.50. The molecular formula is C26H29Br. The van der Waals surface area contributed by atoms with Crippen molar-refractivity contribution in [3.8, 4) is 22.3 Å². The molecule has 0 aliphatic rings. The Morgan fingerprint density at radius 2 is 1.11 bits per heavy atom. The van der Waals surface area contributed by atoms with Crippen LogP contribution in [0.4, 0.5) is 0 Å². The maximum atomic E-state index is 3.50. The Balaban J connectivity index is 1.68. The second-order valence-electron chi connectivity index (χ2n) is 7.40. The molecule has 0 heterocycles. The minimum absolute atomic E-state index is 0.820. The predicted octanol–water partition coefficient (Wildman–Crippen LogP) is 8.54.